The maximum atomic E-state index is 12.8. The molecule has 0 radical (unpaired) electrons. The van der Waals surface area contributed by atoms with E-state index in [1.54, 1.807) is 42.5 Å². The smallest absolute Gasteiger partial charge is 0.259 e. The first-order valence-corrected chi connectivity index (χ1v) is 8.66. The summed E-state index contributed by atoms with van der Waals surface area (Å²) < 4.78 is 5.71. The molecule has 0 saturated carbocycles. The van der Waals surface area contributed by atoms with E-state index < -0.39 is 0 Å². The minimum absolute atomic E-state index is 0.0474. The highest BCUT2D eigenvalue weighted by atomic mass is 16.5. The first kappa shape index (κ1) is 19.5. The second kappa shape index (κ2) is 8.04. The Morgan fingerprint density at radius 3 is 2.08 bits per heavy atom. The second-order valence-electron chi connectivity index (χ2n) is 7.37. The van der Waals surface area contributed by atoms with Crippen molar-refractivity contribution in [2.24, 2.45) is 0 Å². The molecule has 2 aromatic rings. The standard InChI is InChI=1S/C21H26N2O3/c1-14(2)26-18-13-9-7-11-16(18)19(24)22-17-12-8-6-10-15(17)20(25)23-21(3,4)5/h6-14H,1-5H3,(H,22,24)(H,23,25). The van der Waals surface area contributed by atoms with Gasteiger partial charge in [-0.3, -0.25) is 9.59 Å². The first-order chi connectivity index (χ1) is 12.2. The van der Waals surface area contributed by atoms with E-state index in [2.05, 4.69) is 10.6 Å². The van der Waals surface area contributed by atoms with Crippen molar-refractivity contribution in [3.63, 3.8) is 0 Å². The average Bonchev–Trinajstić information content (AvgIpc) is 2.53. The van der Waals surface area contributed by atoms with Crippen LogP contribution in [0.3, 0.4) is 0 Å². The first-order valence-electron chi connectivity index (χ1n) is 8.66. The van der Waals surface area contributed by atoms with Crippen molar-refractivity contribution >= 4 is 17.5 Å². The van der Waals surface area contributed by atoms with Gasteiger partial charge in [0.05, 0.1) is 22.9 Å². The lowest BCUT2D eigenvalue weighted by Gasteiger charge is -2.21. The van der Waals surface area contributed by atoms with Crippen LogP contribution < -0.4 is 15.4 Å². The lowest BCUT2D eigenvalue weighted by Crippen LogP contribution is -2.40. The highest BCUT2D eigenvalue weighted by Gasteiger charge is 2.20. The van der Waals surface area contributed by atoms with Crippen LogP contribution in [0.25, 0.3) is 0 Å². The molecule has 0 aliphatic heterocycles. The number of para-hydroxylation sites is 2. The molecule has 0 atom stereocenters. The summed E-state index contributed by atoms with van der Waals surface area (Å²) in [5.74, 6) is -0.0472. The molecule has 2 N–H and O–H groups in total. The minimum atomic E-state index is -0.369. The van der Waals surface area contributed by atoms with Gasteiger partial charge in [-0.15, -0.1) is 0 Å². The molecular weight excluding hydrogens is 328 g/mol. The summed E-state index contributed by atoms with van der Waals surface area (Å²) >= 11 is 0. The summed E-state index contributed by atoms with van der Waals surface area (Å²) in [5, 5.41) is 5.74. The van der Waals surface area contributed by atoms with Crippen molar-refractivity contribution in [1.29, 1.82) is 0 Å². The number of ether oxygens (including phenoxy) is 1. The van der Waals surface area contributed by atoms with Crippen molar-refractivity contribution in [3.8, 4) is 5.75 Å². The number of carbonyl (C=O) groups is 2. The van der Waals surface area contributed by atoms with Gasteiger partial charge in [0.1, 0.15) is 5.75 Å². The Hall–Kier alpha value is -2.82. The number of amides is 2. The lowest BCUT2D eigenvalue weighted by atomic mass is 10.1. The average molecular weight is 354 g/mol. The Labute approximate surface area is 154 Å². The van der Waals surface area contributed by atoms with Crippen LogP contribution in [0.5, 0.6) is 5.75 Å². The molecule has 0 unspecified atom stereocenters. The maximum Gasteiger partial charge on any atom is 0.259 e. The van der Waals surface area contributed by atoms with Crippen molar-refractivity contribution in [2.45, 2.75) is 46.3 Å². The molecule has 5 nitrogen and oxygen atoms in total. The maximum absolute atomic E-state index is 12.8. The zero-order valence-electron chi connectivity index (χ0n) is 15.9. The Kier molecular flexibility index (Phi) is 6.03. The van der Waals surface area contributed by atoms with E-state index in [0.717, 1.165) is 0 Å². The van der Waals surface area contributed by atoms with Gasteiger partial charge in [0, 0.05) is 5.54 Å². The molecule has 5 heteroatoms. The lowest BCUT2D eigenvalue weighted by molar-refractivity contribution is 0.0920. The Balaban J connectivity index is 2.27. The van der Waals surface area contributed by atoms with Crippen LogP contribution in [-0.2, 0) is 0 Å². The van der Waals surface area contributed by atoms with Crippen molar-refractivity contribution < 1.29 is 14.3 Å². The van der Waals surface area contributed by atoms with Gasteiger partial charge in [-0.25, -0.2) is 0 Å². The molecule has 0 heterocycles. The van der Waals surface area contributed by atoms with Crippen LogP contribution in [0.2, 0.25) is 0 Å². The third-order valence-electron chi connectivity index (χ3n) is 3.40. The van der Waals surface area contributed by atoms with E-state index >= 15 is 0 Å². The van der Waals surface area contributed by atoms with Gasteiger partial charge in [0.15, 0.2) is 0 Å². The number of hydrogen-bond acceptors (Lipinski definition) is 3. The van der Waals surface area contributed by atoms with Gasteiger partial charge in [-0.1, -0.05) is 24.3 Å². The zero-order valence-corrected chi connectivity index (χ0v) is 15.9. The molecule has 26 heavy (non-hydrogen) atoms. The highest BCUT2D eigenvalue weighted by Crippen LogP contribution is 2.22. The highest BCUT2D eigenvalue weighted by molar-refractivity contribution is 6.10. The number of hydrogen-bond donors (Lipinski definition) is 2. The summed E-state index contributed by atoms with van der Waals surface area (Å²) in [6.45, 7) is 9.53. The van der Waals surface area contributed by atoms with Gasteiger partial charge < -0.3 is 15.4 Å². The normalized spacial score (nSPS) is 11.2. The van der Waals surface area contributed by atoms with Crippen LogP contribution in [0, 0.1) is 0 Å². The van der Waals surface area contributed by atoms with Crippen molar-refractivity contribution in [2.75, 3.05) is 5.32 Å². The van der Waals surface area contributed by atoms with Crippen molar-refractivity contribution in [3.05, 3.63) is 59.7 Å². The molecule has 2 rings (SSSR count). The Morgan fingerprint density at radius 1 is 0.885 bits per heavy atom. The summed E-state index contributed by atoms with van der Waals surface area (Å²) in [4.78, 5) is 25.3. The van der Waals surface area contributed by atoms with Crippen LogP contribution >= 0.6 is 0 Å². The fourth-order valence-corrected chi connectivity index (χ4v) is 2.40. The zero-order chi connectivity index (χ0) is 19.3. The van der Waals surface area contributed by atoms with E-state index in [4.69, 9.17) is 4.74 Å². The Bertz CT molecular complexity index is 792. The van der Waals surface area contributed by atoms with Gasteiger partial charge in [0.25, 0.3) is 11.8 Å². The quantitative estimate of drug-likeness (QED) is 0.843. The van der Waals surface area contributed by atoms with E-state index in [0.29, 0.717) is 22.6 Å². The third kappa shape index (κ3) is 5.34. The van der Waals surface area contributed by atoms with Gasteiger partial charge in [-0.2, -0.15) is 0 Å². The van der Waals surface area contributed by atoms with E-state index in [9.17, 15) is 9.59 Å². The number of anilines is 1. The molecule has 0 fully saturated rings. The van der Waals surface area contributed by atoms with Crippen LogP contribution in [0.4, 0.5) is 5.69 Å². The van der Waals surface area contributed by atoms with Gasteiger partial charge in [0.2, 0.25) is 0 Å². The van der Waals surface area contributed by atoms with E-state index in [1.807, 2.05) is 40.7 Å². The summed E-state index contributed by atoms with van der Waals surface area (Å²) in [6, 6.07) is 14.0. The molecule has 2 amide bonds. The van der Waals surface area contributed by atoms with Crippen LogP contribution in [0.1, 0.15) is 55.3 Å². The molecule has 0 saturated heterocycles. The van der Waals surface area contributed by atoms with Crippen molar-refractivity contribution in [1.82, 2.24) is 5.32 Å². The van der Waals surface area contributed by atoms with Crippen LogP contribution in [-0.4, -0.2) is 23.5 Å². The SMILES string of the molecule is CC(C)Oc1ccccc1C(=O)Nc1ccccc1C(=O)NC(C)(C)C. The summed E-state index contributed by atoms with van der Waals surface area (Å²) in [5.41, 5.74) is 0.926. The summed E-state index contributed by atoms with van der Waals surface area (Å²) in [7, 11) is 0. The molecule has 0 spiro atoms. The van der Waals surface area contributed by atoms with E-state index in [-0.39, 0.29) is 23.5 Å². The van der Waals surface area contributed by atoms with E-state index in [1.165, 1.54) is 0 Å². The minimum Gasteiger partial charge on any atom is -0.490 e. The molecule has 2 aromatic carbocycles. The number of rotatable bonds is 5. The molecule has 138 valence electrons. The molecule has 0 aliphatic rings. The number of benzene rings is 2. The fraction of sp³-hybridized carbons (Fsp3) is 0.333. The molecule has 0 bridgehead atoms. The fourth-order valence-electron chi connectivity index (χ4n) is 2.40. The monoisotopic (exact) mass is 354 g/mol. The topological polar surface area (TPSA) is 67.4 Å². The predicted octanol–water partition coefficient (Wildman–Crippen LogP) is 4.25. The Morgan fingerprint density at radius 2 is 1.46 bits per heavy atom. The second-order valence-corrected chi connectivity index (χ2v) is 7.37. The number of nitrogens with one attached hydrogen (secondary N) is 2. The van der Waals surface area contributed by atoms with Gasteiger partial charge >= 0.3 is 0 Å². The summed E-state index contributed by atoms with van der Waals surface area (Å²) in [6.07, 6.45) is -0.0474. The largest absolute Gasteiger partial charge is 0.490 e. The van der Waals surface area contributed by atoms with Gasteiger partial charge in [-0.05, 0) is 58.9 Å². The number of carbonyl (C=O) groups excluding carboxylic acids is 2. The molecule has 0 aromatic heterocycles. The predicted molar refractivity (Wildman–Crippen MR) is 104 cm³/mol. The molecule has 0 aliphatic carbocycles. The third-order valence-corrected chi connectivity index (χ3v) is 3.40. The molecular formula is C21H26N2O3. The van der Waals surface area contributed by atoms with Crippen LogP contribution in [0.15, 0.2) is 48.5 Å².